The molecule has 5 heteroatoms. The third-order valence-corrected chi connectivity index (χ3v) is 4.83. The molecule has 126 valence electrons. The van der Waals surface area contributed by atoms with Crippen molar-refractivity contribution in [3.63, 3.8) is 0 Å². The highest BCUT2D eigenvalue weighted by molar-refractivity contribution is 5.54. The van der Waals surface area contributed by atoms with Gasteiger partial charge in [-0.25, -0.2) is 0 Å². The van der Waals surface area contributed by atoms with Crippen LogP contribution in [0.2, 0.25) is 0 Å². The normalized spacial score (nSPS) is 19.4. The molecule has 1 saturated heterocycles. The number of rotatable bonds is 3. The van der Waals surface area contributed by atoms with Crippen LogP contribution in [0, 0.1) is 0 Å². The molecule has 1 N–H and O–H groups in total. The van der Waals surface area contributed by atoms with Gasteiger partial charge in [-0.1, -0.05) is 30.3 Å². The van der Waals surface area contributed by atoms with Crippen molar-refractivity contribution >= 4 is 0 Å². The molecule has 0 bridgehead atoms. The molecule has 0 amide bonds. The van der Waals surface area contributed by atoms with Crippen LogP contribution in [0.15, 0.2) is 42.5 Å². The van der Waals surface area contributed by atoms with Crippen LogP contribution in [0.25, 0.3) is 0 Å². The summed E-state index contributed by atoms with van der Waals surface area (Å²) >= 11 is 0. The van der Waals surface area contributed by atoms with Gasteiger partial charge in [0.1, 0.15) is 5.75 Å². The Morgan fingerprint density at radius 2 is 1.62 bits per heavy atom. The van der Waals surface area contributed by atoms with Gasteiger partial charge < -0.3 is 19.5 Å². The lowest BCUT2D eigenvalue weighted by Gasteiger charge is -2.38. The Morgan fingerprint density at radius 1 is 0.958 bits per heavy atom. The van der Waals surface area contributed by atoms with Crippen LogP contribution in [0.5, 0.6) is 17.2 Å². The molecule has 2 aliphatic rings. The van der Waals surface area contributed by atoms with E-state index in [1.54, 1.807) is 6.07 Å². The summed E-state index contributed by atoms with van der Waals surface area (Å²) in [4.78, 5) is 4.75. The van der Waals surface area contributed by atoms with Gasteiger partial charge in [-0.15, -0.1) is 0 Å². The predicted octanol–water partition coefficient (Wildman–Crippen LogP) is 2.46. The average Bonchev–Trinajstić information content (AvgIpc) is 3.05. The molecule has 0 spiro atoms. The van der Waals surface area contributed by atoms with Gasteiger partial charge in [-0.3, -0.25) is 4.90 Å². The van der Waals surface area contributed by atoms with Crippen molar-refractivity contribution in [3.05, 3.63) is 53.6 Å². The highest BCUT2D eigenvalue weighted by Crippen LogP contribution is 2.43. The Hall–Kier alpha value is -2.24. The monoisotopic (exact) mass is 326 g/mol. The number of hydrogen-bond donors (Lipinski definition) is 1. The van der Waals surface area contributed by atoms with Crippen LogP contribution in [-0.4, -0.2) is 54.9 Å². The molecule has 2 aliphatic heterocycles. The molecule has 2 heterocycles. The maximum Gasteiger partial charge on any atom is 0.231 e. The van der Waals surface area contributed by atoms with E-state index in [1.807, 2.05) is 24.3 Å². The SMILES string of the molecule is CN1CCN(C(c2ccccc2)c2cc3c(cc2O)OCO3)CC1. The highest BCUT2D eigenvalue weighted by atomic mass is 16.7. The minimum absolute atomic E-state index is 0.00870. The molecular formula is C19H22N2O3. The number of phenolic OH excluding ortho intramolecular Hbond substituents is 1. The fraction of sp³-hybridized carbons (Fsp3) is 0.368. The quantitative estimate of drug-likeness (QED) is 0.939. The van der Waals surface area contributed by atoms with Gasteiger partial charge in [0.15, 0.2) is 11.5 Å². The Labute approximate surface area is 142 Å². The fourth-order valence-electron chi connectivity index (χ4n) is 3.47. The van der Waals surface area contributed by atoms with E-state index in [0.29, 0.717) is 11.5 Å². The number of nitrogens with zero attached hydrogens (tertiary/aromatic N) is 2. The predicted molar refractivity (Wildman–Crippen MR) is 91.6 cm³/mol. The molecule has 0 radical (unpaired) electrons. The lowest BCUT2D eigenvalue weighted by molar-refractivity contribution is 0.126. The molecule has 24 heavy (non-hydrogen) atoms. The number of benzene rings is 2. The first kappa shape index (κ1) is 15.3. The Morgan fingerprint density at radius 3 is 2.33 bits per heavy atom. The number of phenols is 1. The summed E-state index contributed by atoms with van der Waals surface area (Å²) in [6.45, 7) is 4.18. The summed E-state index contributed by atoms with van der Waals surface area (Å²) in [5.41, 5.74) is 2.05. The topological polar surface area (TPSA) is 45.2 Å². The van der Waals surface area contributed by atoms with Crippen molar-refractivity contribution in [2.75, 3.05) is 40.0 Å². The number of likely N-dealkylation sites (N-methyl/N-ethyl adjacent to an activating group) is 1. The van der Waals surface area contributed by atoms with E-state index < -0.39 is 0 Å². The summed E-state index contributed by atoms with van der Waals surface area (Å²) in [6, 6.07) is 13.9. The molecule has 5 nitrogen and oxygen atoms in total. The minimum Gasteiger partial charge on any atom is -0.507 e. The van der Waals surface area contributed by atoms with E-state index in [9.17, 15) is 5.11 Å². The van der Waals surface area contributed by atoms with E-state index in [1.165, 1.54) is 5.56 Å². The standard InChI is InChI=1S/C19H22N2O3/c1-20-7-9-21(10-8-20)19(14-5-3-2-4-6-14)15-11-17-18(12-16(15)22)24-13-23-17/h2-6,11-12,19,22H,7-10,13H2,1H3. The summed E-state index contributed by atoms with van der Waals surface area (Å²) in [6.07, 6.45) is 0. The molecule has 2 aromatic rings. The smallest absolute Gasteiger partial charge is 0.231 e. The number of ether oxygens (including phenoxy) is 2. The van der Waals surface area contributed by atoms with Crippen molar-refractivity contribution in [2.24, 2.45) is 0 Å². The van der Waals surface area contributed by atoms with E-state index >= 15 is 0 Å². The number of aromatic hydroxyl groups is 1. The third kappa shape index (κ3) is 2.81. The van der Waals surface area contributed by atoms with Gasteiger partial charge in [0.25, 0.3) is 0 Å². The third-order valence-electron chi connectivity index (χ3n) is 4.83. The molecule has 1 atom stereocenters. The fourth-order valence-corrected chi connectivity index (χ4v) is 3.47. The maximum atomic E-state index is 10.6. The van der Waals surface area contributed by atoms with Crippen molar-refractivity contribution in [1.29, 1.82) is 0 Å². The molecule has 4 rings (SSSR count). The summed E-state index contributed by atoms with van der Waals surface area (Å²) in [5, 5.41) is 10.6. The van der Waals surface area contributed by atoms with Crippen molar-refractivity contribution in [1.82, 2.24) is 9.80 Å². The van der Waals surface area contributed by atoms with Crippen LogP contribution in [0.4, 0.5) is 0 Å². The van der Waals surface area contributed by atoms with Crippen LogP contribution in [0.3, 0.4) is 0 Å². The van der Waals surface area contributed by atoms with Gasteiger partial charge in [0, 0.05) is 37.8 Å². The second kappa shape index (κ2) is 6.34. The summed E-state index contributed by atoms with van der Waals surface area (Å²) < 4.78 is 10.9. The van der Waals surface area contributed by atoms with E-state index in [-0.39, 0.29) is 18.6 Å². The first-order valence-electron chi connectivity index (χ1n) is 8.32. The van der Waals surface area contributed by atoms with E-state index in [0.717, 1.165) is 31.7 Å². The molecule has 2 aromatic carbocycles. The van der Waals surface area contributed by atoms with Crippen molar-refractivity contribution < 1.29 is 14.6 Å². The Balaban J connectivity index is 1.76. The van der Waals surface area contributed by atoms with Crippen LogP contribution in [-0.2, 0) is 0 Å². The largest absolute Gasteiger partial charge is 0.507 e. The van der Waals surface area contributed by atoms with E-state index in [2.05, 4.69) is 29.0 Å². The number of piperazine rings is 1. The molecule has 0 saturated carbocycles. The maximum absolute atomic E-state index is 10.6. The van der Waals surface area contributed by atoms with Gasteiger partial charge in [-0.2, -0.15) is 0 Å². The zero-order valence-corrected chi connectivity index (χ0v) is 13.8. The first-order chi connectivity index (χ1) is 11.7. The average molecular weight is 326 g/mol. The first-order valence-corrected chi connectivity index (χ1v) is 8.32. The zero-order chi connectivity index (χ0) is 16.5. The van der Waals surface area contributed by atoms with Gasteiger partial charge in [-0.05, 0) is 18.7 Å². The second-order valence-electron chi connectivity index (χ2n) is 6.42. The van der Waals surface area contributed by atoms with Gasteiger partial charge in [0.05, 0.1) is 6.04 Å². The van der Waals surface area contributed by atoms with Crippen LogP contribution in [0.1, 0.15) is 17.2 Å². The van der Waals surface area contributed by atoms with Gasteiger partial charge in [0.2, 0.25) is 6.79 Å². The molecule has 0 aromatic heterocycles. The molecular weight excluding hydrogens is 304 g/mol. The molecule has 1 fully saturated rings. The van der Waals surface area contributed by atoms with Gasteiger partial charge >= 0.3 is 0 Å². The van der Waals surface area contributed by atoms with E-state index in [4.69, 9.17) is 9.47 Å². The second-order valence-corrected chi connectivity index (χ2v) is 6.42. The minimum atomic E-state index is 0.00870. The lowest BCUT2D eigenvalue weighted by atomic mass is 9.95. The highest BCUT2D eigenvalue weighted by Gasteiger charge is 2.29. The molecule has 1 unspecified atom stereocenters. The van der Waals surface area contributed by atoms with Crippen molar-refractivity contribution in [3.8, 4) is 17.2 Å². The number of hydrogen-bond acceptors (Lipinski definition) is 5. The zero-order valence-electron chi connectivity index (χ0n) is 13.8. The summed E-state index contributed by atoms with van der Waals surface area (Å²) in [7, 11) is 2.15. The van der Waals surface area contributed by atoms with Crippen LogP contribution >= 0.6 is 0 Å². The Kier molecular flexibility index (Phi) is 4.04. The summed E-state index contributed by atoms with van der Waals surface area (Å²) in [5.74, 6) is 1.58. The molecule has 0 aliphatic carbocycles. The van der Waals surface area contributed by atoms with Crippen molar-refractivity contribution in [2.45, 2.75) is 6.04 Å². The lowest BCUT2D eigenvalue weighted by Crippen LogP contribution is -2.46. The Bertz CT molecular complexity index is 712. The number of fused-ring (bicyclic) bond motifs is 1. The van der Waals surface area contributed by atoms with Crippen LogP contribution < -0.4 is 9.47 Å².